The van der Waals surface area contributed by atoms with E-state index in [-0.39, 0.29) is 17.2 Å². The molecule has 25 heavy (non-hydrogen) atoms. The summed E-state index contributed by atoms with van der Waals surface area (Å²) in [6.07, 6.45) is 8.73. The van der Waals surface area contributed by atoms with Crippen molar-refractivity contribution < 1.29 is 9.59 Å². The molecule has 1 spiro atoms. The first-order chi connectivity index (χ1) is 12.0. The molecule has 0 unspecified atom stereocenters. The molecule has 3 rings (SSSR count). The average Bonchev–Trinajstić information content (AvgIpc) is 2.76. The lowest BCUT2D eigenvalue weighted by Crippen LogP contribution is -2.36. The zero-order valence-electron chi connectivity index (χ0n) is 15.2. The first-order valence-electron chi connectivity index (χ1n) is 9.12. The van der Waals surface area contributed by atoms with E-state index in [1.807, 2.05) is 42.0 Å². The van der Waals surface area contributed by atoms with Crippen LogP contribution >= 0.6 is 0 Å². The molecule has 2 saturated heterocycles. The van der Waals surface area contributed by atoms with E-state index in [2.05, 4.69) is 4.98 Å². The van der Waals surface area contributed by atoms with Crippen LogP contribution in [-0.4, -0.2) is 46.2 Å². The lowest BCUT2D eigenvalue weighted by atomic mass is 9.79. The zero-order valence-corrected chi connectivity index (χ0v) is 15.2. The minimum atomic E-state index is -0.276. The Morgan fingerprint density at radius 2 is 2.04 bits per heavy atom. The molecular weight excluding hydrogens is 314 g/mol. The van der Waals surface area contributed by atoms with Gasteiger partial charge in [0.05, 0.1) is 5.41 Å². The third-order valence-electron chi connectivity index (χ3n) is 5.36. The highest BCUT2D eigenvalue weighted by Crippen LogP contribution is 2.42. The van der Waals surface area contributed by atoms with Crippen molar-refractivity contribution in [3.05, 3.63) is 41.7 Å². The van der Waals surface area contributed by atoms with E-state index in [1.54, 1.807) is 12.3 Å². The Hall–Kier alpha value is -2.17. The number of likely N-dealkylation sites (tertiary alicyclic amines) is 2. The van der Waals surface area contributed by atoms with E-state index >= 15 is 0 Å². The van der Waals surface area contributed by atoms with Crippen LogP contribution < -0.4 is 0 Å². The van der Waals surface area contributed by atoms with E-state index in [1.165, 1.54) is 0 Å². The fraction of sp³-hybridized carbons (Fsp3) is 0.550. The van der Waals surface area contributed by atoms with Crippen LogP contribution in [-0.2, 0) is 16.1 Å². The van der Waals surface area contributed by atoms with Crippen molar-refractivity contribution in [2.45, 2.75) is 46.1 Å². The largest absolute Gasteiger partial charge is 0.339 e. The predicted molar refractivity (Wildman–Crippen MR) is 96.6 cm³/mol. The molecule has 0 N–H and O–H groups in total. The highest BCUT2D eigenvalue weighted by atomic mass is 16.2. The zero-order chi connectivity index (χ0) is 17.9. The normalized spacial score (nSPS) is 23.7. The van der Waals surface area contributed by atoms with E-state index in [0.717, 1.165) is 49.9 Å². The van der Waals surface area contributed by atoms with E-state index in [9.17, 15) is 9.59 Å². The molecule has 0 radical (unpaired) electrons. The number of nitrogens with zero attached hydrogens (tertiary/aromatic N) is 3. The van der Waals surface area contributed by atoms with Gasteiger partial charge in [-0.25, -0.2) is 0 Å². The summed E-state index contributed by atoms with van der Waals surface area (Å²) in [6, 6.07) is 3.92. The molecule has 2 fully saturated rings. The van der Waals surface area contributed by atoms with Crippen LogP contribution in [0.5, 0.6) is 0 Å². The Labute approximate surface area is 149 Å². The number of rotatable bonds is 3. The second-order valence-electron chi connectivity index (χ2n) is 7.52. The Balaban J connectivity index is 1.66. The Morgan fingerprint density at radius 3 is 2.76 bits per heavy atom. The molecule has 1 atom stereocenters. The van der Waals surface area contributed by atoms with Crippen molar-refractivity contribution in [2.24, 2.45) is 5.41 Å². The van der Waals surface area contributed by atoms with Crippen molar-refractivity contribution in [3.8, 4) is 0 Å². The fourth-order valence-electron chi connectivity index (χ4n) is 3.97. The first-order valence-corrected chi connectivity index (χ1v) is 9.12. The number of aromatic nitrogens is 1. The first kappa shape index (κ1) is 17.6. The fourth-order valence-corrected chi connectivity index (χ4v) is 3.97. The van der Waals surface area contributed by atoms with Crippen LogP contribution in [0.15, 0.2) is 36.2 Å². The van der Waals surface area contributed by atoms with Gasteiger partial charge < -0.3 is 9.80 Å². The summed E-state index contributed by atoms with van der Waals surface area (Å²) in [6.45, 7) is 6.74. The molecule has 2 amide bonds. The number of hydrogen-bond donors (Lipinski definition) is 0. The second kappa shape index (κ2) is 7.38. The predicted octanol–water partition coefficient (Wildman–Crippen LogP) is 2.78. The van der Waals surface area contributed by atoms with Gasteiger partial charge in [-0.1, -0.05) is 11.6 Å². The van der Waals surface area contributed by atoms with Crippen LogP contribution in [0.2, 0.25) is 0 Å². The summed E-state index contributed by atoms with van der Waals surface area (Å²) in [7, 11) is 0. The number of allylic oxidation sites excluding steroid dienone is 1. The van der Waals surface area contributed by atoms with E-state index in [4.69, 9.17) is 0 Å². The van der Waals surface area contributed by atoms with Crippen molar-refractivity contribution in [2.75, 3.05) is 19.6 Å². The summed E-state index contributed by atoms with van der Waals surface area (Å²) >= 11 is 0. The molecule has 0 aliphatic carbocycles. The number of pyridine rings is 1. The Bertz CT molecular complexity index is 667. The SMILES string of the molecule is CC(C)=CC(=O)N1CCC[C@@]2(CC1)CCN(Cc1cccnc1)C2=O. The van der Waals surface area contributed by atoms with Crippen LogP contribution in [0, 0.1) is 5.41 Å². The Morgan fingerprint density at radius 1 is 1.24 bits per heavy atom. The average molecular weight is 341 g/mol. The van der Waals surface area contributed by atoms with Crippen LogP contribution in [0.4, 0.5) is 0 Å². The van der Waals surface area contributed by atoms with Crippen molar-refractivity contribution in [1.82, 2.24) is 14.8 Å². The van der Waals surface area contributed by atoms with Gasteiger partial charge in [-0.3, -0.25) is 14.6 Å². The van der Waals surface area contributed by atoms with Crippen LogP contribution in [0.25, 0.3) is 0 Å². The van der Waals surface area contributed by atoms with E-state index < -0.39 is 0 Å². The molecular formula is C20H27N3O2. The topological polar surface area (TPSA) is 53.5 Å². The van der Waals surface area contributed by atoms with Crippen LogP contribution in [0.3, 0.4) is 0 Å². The smallest absolute Gasteiger partial charge is 0.246 e. The van der Waals surface area contributed by atoms with Gasteiger partial charge in [0.1, 0.15) is 0 Å². The number of carbonyl (C=O) groups is 2. The van der Waals surface area contributed by atoms with Gasteiger partial charge in [0.15, 0.2) is 0 Å². The standard InChI is InChI=1S/C20H27N3O2/c1-16(2)13-18(24)22-10-4-6-20(7-11-22)8-12-23(19(20)25)15-17-5-3-9-21-14-17/h3,5,9,13-14H,4,6-8,10-12,15H2,1-2H3/t20-/m1/s1. The highest BCUT2D eigenvalue weighted by Gasteiger charge is 2.47. The van der Waals surface area contributed by atoms with Crippen molar-refractivity contribution in [1.29, 1.82) is 0 Å². The van der Waals surface area contributed by atoms with Gasteiger partial charge >= 0.3 is 0 Å². The monoisotopic (exact) mass is 341 g/mol. The van der Waals surface area contributed by atoms with Crippen molar-refractivity contribution in [3.63, 3.8) is 0 Å². The van der Waals surface area contributed by atoms with Gasteiger partial charge in [-0.05, 0) is 51.2 Å². The number of amides is 2. The summed E-state index contributed by atoms with van der Waals surface area (Å²) < 4.78 is 0. The molecule has 5 heteroatoms. The molecule has 3 heterocycles. The third kappa shape index (κ3) is 3.91. The minimum absolute atomic E-state index is 0.0784. The molecule has 1 aromatic heterocycles. The Kier molecular flexibility index (Phi) is 5.21. The molecule has 0 bridgehead atoms. The van der Waals surface area contributed by atoms with Gasteiger partial charge in [0.2, 0.25) is 11.8 Å². The molecule has 0 saturated carbocycles. The molecule has 1 aromatic rings. The van der Waals surface area contributed by atoms with Crippen LogP contribution in [0.1, 0.15) is 45.1 Å². The lowest BCUT2D eigenvalue weighted by molar-refractivity contribution is -0.137. The third-order valence-corrected chi connectivity index (χ3v) is 5.36. The molecule has 0 aromatic carbocycles. The quantitative estimate of drug-likeness (QED) is 0.795. The van der Waals surface area contributed by atoms with Gasteiger partial charge in [-0.15, -0.1) is 0 Å². The highest BCUT2D eigenvalue weighted by molar-refractivity contribution is 5.88. The van der Waals surface area contributed by atoms with E-state index in [0.29, 0.717) is 13.1 Å². The lowest BCUT2D eigenvalue weighted by Gasteiger charge is -2.26. The summed E-state index contributed by atoms with van der Waals surface area (Å²) in [5.41, 5.74) is 1.81. The van der Waals surface area contributed by atoms with Gasteiger partial charge in [0.25, 0.3) is 0 Å². The molecule has 2 aliphatic rings. The molecule has 5 nitrogen and oxygen atoms in total. The summed E-state index contributed by atoms with van der Waals surface area (Å²) in [4.78, 5) is 33.4. The molecule has 134 valence electrons. The maximum absolute atomic E-state index is 13.1. The maximum atomic E-state index is 13.1. The maximum Gasteiger partial charge on any atom is 0.246 e. The van der Waals surface area contributed by atoms with Gasteiger partial charge in [-0.2, -0.15) is 0 Å². The van der Waals surface area contributed by atoms with Gasteiger partial charge in [0, 0.05) is 44.6 Å². The number of hydrogen-bond acceptors (Lipinski definition) is 3. The molecule has 2 aliphatic heterocycles. The second-order valence-corrected chi connectivity index (χ2v) is 7.52. The summed E-state index contributed by atoms with van der Waals surface area (Å²) in [5, 5.41) is 0. The van der Waals surface area contributed by atoms with Crippen molar-refractivity contribution >= 4 is 11.8 Å². The summed E-state index contributed by atoms with van der Waals surface area (Å²) in [5.74, 6) is 0.336. The minimum Gasteiger partial charge on any atom is -0.339 e. The number of carbonyl (C=O) groups excluding carboxylic acids is 2.